The predicted molar refractivity (Wildman–Crippen MR) is 47.7 cm³/mol. The van der Waals surface area contributed by atoms with Crippen molar-refractivity contribution >= 4 is 11.8 Å². The summed E-state index contributed by atoms with van der Waals surface area (Å²) in [6.07, 6.45) is 3.06. The van der Waals surface area contributed by atoms with Crippen molar-refractivity contribution in [2.75, 3.05) is 0 Å². The Bertz CT molecular complexity index is 265. The monoisotopic (exact) mass is 168 g/mol. The molecular weight excluding hydrogens is 156 g/mol. The Kier molecular flexibility index (Phi) is 1.49. The van der Waals surface area contributed by atoms with Gasteiger partial charge in [-0.05, 0) is 0 Å². The van der Waals surface area contributed by atoms with Gasteiger partial charge in [0.15, 0.2) is 0 Å². The summed E-state index contributed by atoms with van der Waals surface area (Å²) in [6, 6.07) is 0. The van der Waals surface area contributed by atoms with E-state index >= 15 is 0 Å². The average Bonchev–Trinajstić information content (AvgIpc) is 2.31. The standard InChI is InChI=1S/C8H12N2S/c1-8(2)3-7-6(5-11-8)4-9-10-7/h4H,3,5H2,1-2H3,(H,9,10). The number of nitrogens with zero attached hydrogens (tertiary/aromatic N) is 1. The van der Waals surface area contributed by atoms with Crippen molar-refractivity contribution in [2.24, 2.45) is 0 Å². The quantitative estimate of drug-likeness (QED) is 0.641. The molecule has 1 aromatic heterocycles. The van der Waals surface area contributed by atoms with Crippen LogP contribution in [-0.4, -0.2) is 14.9 Å². The Hall–Kier alpha value is -0.440. The van der Waals surface area contributed by atoms with Crippen LogP contribution in [0.5, 0.6) is 0 Å². The maximum atomic E-state index is 4.03. The second-order valence-electron chi connectivity index (χ2n) is 3.60. The lowest BCUT2D eigenvalue weighted by molar-refractivity contribution is 0.677. The minimum Gasteiger partial charge on any atom is -0.282 e. The molecule has 60 valence electrons. The lowest BCUT2D eigenvalue weighted by Gasteiger charge is -2.27. The maximum Gasteiger partial charge on any atom is 0.0530 e. The highest BCUT2D eigenvalue weighted by atomic mass is 32.2. The Morgan fingerprint density at radius 1 is 1.64 bits per heavy atom. The number of hydrogen-bond acceptors (Lipinski definition) is 2. The fourth-order valence-corrected chi connectivity index (χ4v) is 2.41. The number of H-pyrrole nitrogens is 1. The first-order valence-corrected chi connectivity index (χ1v) is 4.81. The van der Waals surface area contributed by atoms with Gasteiger partial charge in [0.25, 0.3) is 0 Å². The van der Waals surface area contributed by atoms with Crippen LogP contribution in [0.15, 0.2) is 6.20 Å². The summed E-state index contributed by atoms with van der Waals surface area (Å²) >= 11 is 2.01. The fourth-order valence-electron chi connectivity index (χ4n) is 1.37. The van der Waals surface area contributed by atoms with E-state index in [9.17, 15) is 0 Å². The Labute approximate surface area is 70.8 Å². The maximum absolute atomic E-state index is 4.03. The molecule has 0 aromatic carbocycles. The molecule has 0 fully saturated rings. The third kappa shape index (κ3) is 1.29. The number of rotatable bonds is 0. The fraction of sp³-hybridized carbons (Fsp3) is 0.625. The van der Waals surface area contributed by atoms with Crippen molar-refractivity contribution in [3.05, 3.63) is 17.5 Å². The van der Waals surface area contributed by atoms with Gasteiger partial charge in [0, 0.05) is 28.2 Å². The van der Waals surface area contributed by atoms with Crippen molar-refractivity contribution in [3.8, 4) is 0 Å². The lowest BCUT2D eigenvalue weighted by atomic mass is 10.0. The molecule has 0 spiro atoms. The van der Waals surface area contributed by atoms with Crippen LogP contribution < -0.4 is 0 Å². The molecule has 0 atom stereocenters. The van der Waals surface area contributed by atoms with Gasteiger partial charge in [0.2, 0.25) is 0 Å². The summed E-state index contributed by atoms with van der Waals surface area (Å²) in [5.41, 5.74) is 2.71. The van der Waals surface area contributed by atoms with E-state index < -0.39 is 0 Å². The Balaban J connectivity index is 2.32. The summed E-state index contributed by atoms with van der Waals surface area (Å²) in [4.78, 5) is 0. The van der Waals surface area contributed by atoms with Crippen molar-refractivity contribution in [3.63, 3.8) is 0 Å². The minimum atomic E-state index is 0.388. The van der Waals surface area contributed by atoms with Crippen LogP contribution >= 0.6 is 11.8 Å². The molecule has 0 amide bonds. The molecule has 2 rings (SSSR count). The number of hydrogen-bond donors (Lipinski definition) is 1. The van der Waals surface area contributed by atoms with E-state index in [4.69, 9.17) is 0 Å². The van der Waals surface area contributed by atoms with Gasteiger partial charge in [0.05, 0.1) is 6.20 Å². The predicted octanol–water partition coefficient (Wildman–Crippen LogP) is 1.98. The van der Waals surface area contributed by atoms with Gasteiger partial charge in [-0.3, -0.25) is 5.10 Å². The molecule has 3 heteroatoms. The van der Waals surface area contributed by atoms with Crippen LogP contribution in [0, 0.1) is 0 Å². The smallest absolute Gasteiger partial charge is 0.0530 e. The normalized spacial score (nSPS) is 21.3. The second-order valence-corrected chi connectivity index (χ2v) is 5.28. The number of aromatic amines is 1. The van der Waals surface area contributed by atoms with E-state index in [1.165, 1.54) is 11.3 Å². The summed E-state index contributed by atoms with van der Waals surface area (Å²) in [6.45, 7) is 4.56. The van der Waals surface area contributed by atoms with Crippen molar-refractivity contribution in [1.82, 2.24) is 10.2 Å². The zero-order valence-electron chi connectivity index (χ0n) is 6.85. The van der Waals surface area contributed by atoms with E-state index in [-0.39, 0.29) is 0 Å². The molecular formula is C8H12N2S. The molecule has 0 saturated heterocycles. The highest BCUT2D eigenvalue weighted by Gasteiger charge is 2.26. The number of aromatic nitrogens is 2. The lowest BCUT2D eigenvalue weighted by Crippen LogP contribution is -2.23. The largest absolute Gasteiger partial charge is 0.282 e. The molecule has 1 N–H and O–H groups in total. The van der Waals surface area contributed by atoms with Crippen LogP contribution in [0.1, 0.15) is 25.1 Å². The van der Waals surface area contributed by atoms with Crippen LogP contribution in [0.2, 0.25) is 0 Å². The van der Waals surface area contributed by atoms with Crippen LogP contribution in [-0.2, 0) is 12.2 Å². The molecule has 2 nitrogen and oxygen atoms in total. The van der Waals surface area contributed by atoms with E-state index in [2.05, 4.69) is 24.0 Å². The van der Waals surface area contributed by atoms with Gasteiger partial charge in [-0.25, -0.2) is 0 Å². The van der Waals surface area contributed by atoms with Crippen molar-refractivity contribution < 1.29 is 0 Å². The molecule has 1 aliphatic rings. The van der Waals surface area contributed by atoms with Gasteiger partial charge in [-0.1, -0.05) is 13.8 Å². The second kappa shape index (κ2) is 2.27. The molecule has 2 heterocycles. The third-order valence-electron chi connectivity index (χ3n) is 2.03. The van der Waals surface area contributed by atoms with Gasteiger partial charge in [0.1, 0.15) is 0 Å². The molecule has 11 heavy (non-hydrogen) atoms. The summed E-state index contributed by atoms with van der Waals surface area (Å²) < 4.78 is 0.388. The van der Waals surface area contributed by atoms with Crippen molar-refractivity contribution in [1.29, 1.82) is 0 Å². The number of fused-ring (bicyclic) bond motifs is 1. The van der Waals surface area contributed by atoms with E-state index in [1.54, 1.807) is 0 Å². The average molecular weight is 168 g/mol. The first-order valence-electron chi connectivity index (χ1n) is 3.82. The van der Waals surface area contributed by atoms with Crippen molar-refractivity contribution in [2.45, 2.75) is 30.8 Å². The minimum absolute atomic E-state index is 0.388. The zero-order valence-corrected chi connectivity index (χ0v) is 7.66. The van der Waals surface area contributed by atoms with E-state index in [0.717, 1.165) is 12.2 Å². The van der Waals surface area contributed by atoms with Gasteiger partial charge in [-0.15, -0.1) is 0 Å². The molecule has 0 radical (unpaired) electrons. The Morgan fingerprint density at radius 3 is 3.27 bits per heavy atom. The highest BCUT2D eigenvalue weighted by molar-refractivity contribution is 7.99. The van der Waals surface area contributed by atoms with E-state index in [0.29, 0.717) is 4.75 Å². The van der Waals surface area contributed by atoms with Crippen LogP contribution in [0.4, 0.5) is 0 Å². The number of thioether (sulfide) groups is 1. The summed E-state index contributed by atoms with van der Waals surface area (Å²) in [5.74, 6) is 1.11. The third-order valence-corrected chi connectivity index (χ3v) is 3.41. The van der Waals surface area contributed by atoms with Gasteiger partial charge < -0.3 is 0 Å². The molecule has 0 bridgehead atoms. The van der Waals surface area contributed by atoms with Gasteiger partial charge >= 0.3 is 0 Å². The Morgan fingerprint density at radius 2 is 2.45 bits per heavy atom. The van der Waals surface area contributed by atoms with Gasteiger partial charge in [-0.2, -0.15) is 16.9 Å². The molecule has 0 unspecified atom stereocenters. The summed E-state index contributed by atoms with van der Waals surface area (Å²) in [7, 11) is 0. The number of nitrogens with one attached hydrogen (secondary N) is 1. The first-order chi connectivity index (χ1) is 5.17. The molecule has 0 saturated carbocycles. The zero-order chi connectivity index (χ0) is 7.90. The topological polar surface area (TPSA) is 28.7 Å². The summed E-state index contributed by atoms with van der Waals surface area (Å²) in [5, 5.41) is 7.08. The van der Waals surface area contributed by atoms with E-state index in [1.807, 2.05) is 18.0 Å². The van der Waals surface area contributed by atoms with Crippen LogP contribution in [0.25, 0.3) is 0 Å². The molecule has 1 aromatic rings. The molecule has 0 aliphatic carbocycles. The molecule has 1 aliphatic heterocycles. The first kappa shape index (κ1) is 7.22. The van der Waals surface area contributed by atoms with Crippen LogP contribution in [0.3, 0.4) is 0 Å². The SMILES string of the molecule is CC1(C)Cc2[nH]ncc2CS1. The highest BCUT2D eigenvalue weighted by Crippen LogP contribution is 2.36.